The van der Waals surface area contributed by atoms with Crippen molar-refractivity contribution in [3.8, 4) is 0 Å². The van der Waals surface area contributed by atoms with Gasteiger partial charge in [0, 0.05) is 31.8 Å². The lowest BCUT2D eigenvalue weighted by Gasteiger charge is -2.28. The van der Waals surface area contributed by atoms with Gasteiger partial charge < -0.3 is 30.0 Å². The zero-order valence-corrected chi connectivity index (χ0v) is 31.7. The first kappa shape index (κ1) is 43.1. The van der Waals surface area contributed by atoms with Gasteiger partial charge in [0.1, 0.15) is 18.3 Å². The number of benzene rings is 2. The molecule has 15 heteroatoms. The molecular formula is C39H53BN6O8. The van der Waals surface area contributed by atoms with Crippen LogP contribution in [-0.2, 0) is 41.5 Å². The molecule has 0 saturated carbocycles. The normalized spacial score (nSPS) is 12.0. The van der Waals surface area contributed by atoms with Gasteiger partial charge in [0.15, 0.2) is 0 Å². The van der Waals surface area contributed by atoms with Crippen molar-refractivity contribution < 1.29 is 38.0 Å². The molecule has 0 saturated heterocycles. The van der Waals surface area contributed by atoms with Gasteiger partial charge in [-0.1, -0.05) is 94.3 Å². The van der Waals surface area contributed by atoms with Gasteiger partial charge in [-0.15, -0.1) is 0 Å². The maximum Gasteiger partial charge on any atom is 0.622 e. The highest BCUT2D eigenvalue weighted by Crippen LogP contribution is 2.14. The standard InChI is InChI=1S/C39H53BN6O8/c1-5-35(47)53-40(54-36(48)27-46(4)23-15-7-6-14-20-43-39(51)52-28-31-18-12-9-13-19-31)34(24-29(2)3)45-37(49)32(25-30-16-10-8-11-17-30)44-38(50)33-26-41-21-22-42-33/h8-13,16-19,21-22,26,29,32,34H,5-7,14-15,20,23-25,27-28H2,1-4H3,(H,43,51)(H,44,50)(H,45,49)/t32-,34-/m0/s1. The van der Waals surface area contributed by atoms with Crippen LogP contribution in [0.2, 0.25) is 0 Å². The van der Waals surface area contributed by atoms with Gasteiger partial charge in [-0.05, 0) is 49.9 Å². The number of nitrogens with one attached hydrogen (secondary N) is 3. The molecule has 1 aromatic heterocycles. The molecule has 3 rings (SSSR count). The molecule has 54 heavy (non-hydrogen) atoms. The van der Waals surface area contributed by atoms with Crippen molar-refractivity contribution in [3.63, 3.8) is 0 Å². The molecule has 1 heterocycles. The van der Waals surface area contributed by atoms with Crippen molar-refractivity contribution in [3.05, 3.63) is 96.1 Å². The Morgan fingerprint density at radius 1 is 0.833 bits per heavy atom. The van der Waals surface area contributed by atoms with Crippen LogP contribution in [-0.4, -0.2) is 90.5 Å². The Bertz CT molecular complexity index is 1590. The predicted molar refractivity (Wildman–Crippen MR) is 204 cm³/mol. The number of carbonyl (C=O) groups excluding carboxylic acids is 5. The summed E-state index contributed by atoms with van der Waals surface area (Å²) in [5, 5.41) is 8.41. The highest BCUT2D eigenvalue weighted by Gasteiger charge is 2.40. The average molecular weight is 745 g/mol. The fourth-order valence-electron chi connectivity index (χ4n) is 5.43. The lowest BCUT2D eigenvalue weighted by molar-refractivity contribution is -0.141. The first-order chi connectivity index (χ1) is 26.0. The number of aromatic nitrogens is 2. The SMILES string of the molecule is CCC(=O)OB(OC(=O)CN(C)CCCCCCNC(=O)OCc1ccccc1)[C@H](CC(C)C)NC(=O)[C@H](Cc1ccccc1)NC(=O)c1cnccn1. The molecule has 3 amide bonds. The van der Waals surface area contributed by atoms with E-state index in [0.29, 0.717) is 19.5 Å². The summed E-state index contributed by atoms with van der Waals surface area (Å²) in [6.45, 7) is 6.75. The summed E-state index contributed by atoms with van der Waals surface area (Å²) in [5.74, 6) is -3.25. The number of unbranched alkanes of at least 4 members (excludes halogenated alkanes) is 3. The number of hydrogen-bond donors (Lipinski definition) is 3. The van der Waals surface area contributed by atoms with Crippen LogP contribution in [0.3, 0.4) is 0 Å². The molecule has 290 valence electrons. The van der Waals surface area contributed by atoms with E-state index in [9.17, 15) is 24.0 Å². The van der Waals surface area contributed by atoms with Crippen LogP contribution in [0.4, 0.5) is 4.79 Å². The summed E-state index contributed by atoms with van der Waals surface area (Å²) in [5.41, 5.74) is 1.77. The minimum Gasteiger partial charge on any atom is -0.498 e. The number of hydrogen-bond acceptors (Lipinski definition) is 11. The van der Waals surface area contributed by atoms with Gasteiger partial charge in [-0.25, -0.2) is 9.78 Å². The maximum absolute atomic E-state index is 13.9. The second-order valence-electron chi connectivity index (χ2n) is 13.4. The maximum atomic E-state index is 13.9. The number of likely N-dealkylation sites (N-methyl/N-ethyl adjacent to an activating group) is 1. The van der Waals surface area contributed by atoms with Crippen LogP contribution in [0.1, 0.15) is 80.9 Å². The summed E-state index contributed by atoms with van der Waals surface area (Å²) >= 11 is 0. The van der Waals surface area contributed by atoms with Crippen molar-refractivity contribution in [2.24, 2.45) is 5.92 Å². The van der Waals surface area contributed by atoms with Gasteiger partial charge in [-0.2, -0.15) is 0 Å². The Labute approximate surface area is 318 Å². The molecular weight excluding hydrogens is 691 g/mol. The van der Waals surface area contributed by atoms with Crippen LogP contribution in [0.5, 0.6) is 0 Å². The molecule has 0 unspecified atom stereocenters. The molecule has 2 aromatic carbocycles. The van der Waals surface area contributed by atoms with Gasteiger partial charge in [0.05, 0.1) is 18.7 Å². The third kappa shape index (κ3) is 17.0. The lowest BCUT2D eigenvalue weighted by Crippen LogP contribution is -2.57. The van der Waals surface area contributed by atoms with Gasteiger partial charge in [0.2, 0.25) is 5.91 Å². The summed E-state index contributed by atoms with van der Waals surface area (Å²) in [6, 6.07) is 17.6. The van der Waals surface area contributed by atoms with E-state index in [1.54, 1.807) is 14.0 Å². The van der Waals surface area contributed by atoms with E-state index < -0.39 is 48.9 Å². The Hall–Kier alpha value is -5.31. The molecule has 0 radical (unpaired) electrons. The summed E-state index contributed by atoms with van der Waals surface area (Å²) < 4.78 is 16.6. The van der Waals surface area contributed by atoms with Crippen molar-refractivity contribution in [1.82, 2.24) is 30.8 Å². The largest absolute Gasteiger partial charge is 0.622 e. The van der Waals surface area contributed by atoms with Crippen molar-refractivity contribution in [2.75, 3.05) is 26.7 Å². The van der Waals surface area contributed by atoms with Crippen LogP contribution in [0, 0.1) is 5.92 Å². The van der Waals surface area contributed by atoms with Gasteiger partial charge >= 0.3 is 19.2 Å². The van der Waals surface area contributed by atoms with E-state index in [1.807, 2.05) is 79.4 Å². The summed E-state index contributed by atoms with van der Waals surface area (Å²) in [6.07, 6.45) is 7.55. The fraction of sp³-hybridized carbons (Fsp3) is 0.462. The summed E-state index contributed by atoms with van der Waals surface area (Å²) in [7, 11) is 0.393. The monoisotopic (exact) mass is 744 g/mol. The molecule has 0 aliphatic rings. The third-order valence-electron chi connectivity index (χ3n) is 8.21. The fourth-order valence-corrected chi connectivity index (χ4v) is 5.43. The van der Waals surface area contributed by atoms with Crippen LogP contribution in [0.25, 0.3) is 0 Å². The van der Waals surface area contributed by atoms with Crippen molar-refractivity contribution >= 4 is 37.0 Å². The Morgan fingerprint density at radius 2 is 1.50 bits per heavy atom. The molecule has 0 aliphatic carbocycles. The van der Waals surface area contributed by atoms with Gasteiger partial charge in [0.25, 0.3) is 11.9 Å². The zero-order valence-electron chi connectivity index (χ0n) is 31.7. The van der Waals surface area contributed by atoms with Crippen LogP contribution < -0.4 is 16.0 Å². The van der Waals surface area contributed by atoms with Gasteiger partial charge in [-0.3, -0.25) is 29.1 Å². The molecule has 0 spiro atoms. The molecule has 14 nitrogen and oxygen atoms in total. The number of rotatable bonds is 23. The Morgan fingerprint density at radius 3 is 2.15 bits per heavy atom. The molecule has 0 aliphatic heterocycles. The minimum atomic E-state index is -1.40. The van der Waals surface area contributed by atoms with E-state index in [0.717, 1.165) is 36.8 Å². The molecule has 0 fully saturated rings. The van der Waals surface area contributed by atoms with E-state index in [-0.39, 0.29) is 37.6 Å². The molecule has 2 atom stereocenters. The smallest absolute Gasteiger partial charge is 0.498 e. The van der Waals surface area contributed by atoms with E-state index >= 15 is 0 Å². The number of carbonyl (C=O) groups is 5. The molecule has 0 bridgehead atoms. The number of alkyl carbamates (subject to hydrolysis) is 1. The van der Waals surface area contributed by atoms with E-state index in [4.69, 9.17) is 14.0 Å². The van der Waals surface area contributed by atoms with Crippen molar-refractivity contribution in [2.45, 2.75) is 84.3 Å². The second kappa shape index (κ2) is 24.1. The first-order valence-electron chi connectivity index (χ1n) is 18.5. The van der Waals surface area contributed by atoms with E-state index in [2.05, 4.69) is 25.9 Å². The average Bonchev–Trinajstić information content (AvgIpc) is 3.16. The van der Waals surface area contributed by atoms with Crippen LogP contribution >= 0.6 is 0 Å². The molecule has 3 N–H and O–H groups in total. The minimum absolute atomic E-state index is 0.0106. The predicted octanol–water partition coefficient (Wildman–Crippen LogP) is 4.29. The van der Waals surface area contributed by atoms with Crippen molar-refractivity contribution in [1.29, 1.82) is 0 Å². The zero-order chi connectivity index (χ0) is 39.1. The first-order valence-corrected chi connectivity index (χ1v) is 18.5. The second-order valence-corrected chi connectivity index (χ2v) is 13.4. The lowest BCUT2D eigenvalue weighted by atomic mass is 9.73. The summed E-state index contributed by atoms with van der Waals surface area (Å²) in [4.78, 5) is 74.4. The number of nitrogens with zero attached hydrogens (tertiary/aromatic N) is 3. The van der Waals surface area contributed by atoms with Crippen LogP contribution in [0.15, 0.2) is 79.3 Å². The quantitative estimate of drug-likeness (QED) is 0.0932. The number of ether oxygens (including phenoxy) is 1. The topological polar surface area (TPSA) is 178 Å². The molecule has 3 aromatic rings. The highest BCUT2D eigenvalue weighted by molar-refractivity contribution is 6.51. The third-order valence-corrected chi connectivity index (χ3v) is 8.21. The van der Waals surface area contributed by atoms with E-state index in [1.165, 1.54) is 18.6 Å². The Kier molecular flexibility index (Phi) is 19.2. The number of amides is 3. The Balaban J connectivity index is 1.53. The highest BCUT2D eigenvalue weighted by atomic mass is 16.6.